The number of fused-ring (bicyclic) bond motifs is 6. The molecule has 4 aromatic rings. The molecule has 51 heavy (non-hydrogen) atoms. The van der Waals surface area contributed by atoms with Crippen molar-refractivity contribution in [2.24, 2.45) is 0 Å². The van der Waals surface area contributed by atoms with Crippen molar-refractivity contribution in [2.75, 3.05) is 37.7 Å². The molecule has 0 unspecified atom stereocenters. The van der Waals surface area contributed by atoms with Crippen LogP contribution in [0, 0.1) is 0 Å². The average Bonchev–Trinajstić information content (AvgIpc) is 3.16. The van der Waals surface area contributed by atoms with Crippen molar-refractivity contribution in [3.05, 3.63) is 36.4 Å². The number of methoxy groups -OCH3 is 2. The molecule has 0 saturated heterocycles. The Balaban J connectivity index is 1.74. The molecule has 4 rings (SSSR count). The zero-order chi connectivity index (χ0) is 36.3. The molecule has 0 amide bonds. The van der Waals surface area contributed by atoms with E-state index in [1.165, 1.54) is 173 Å². The predicted octanol–water partition coefficient (Wildman–Crippen LogP) is 16.2. The Labute approximate surface area is 328 Å². The molecule has 0 saturated carbocycles. The van der Waals surface area contributed by atoms with E-state index in [1.54, 1.807) is 0 Å². The maximum atomic E-state index is 6.11. The Morgan fingerprint density at radius 3 is 1.02 bits per heavy atom. The van der Waals surface area contributed by atoms with Crippen molar-refractivity contribution in [2.45, 2.75) is 156 Å². The lowest BCUT2D eigenvalue weighted by Gasteiger charge is -2.19. The largest absolute Gasteiger partial charge is 0.496 e. The van der Waals surface area contributed by atoms with E-state index in [4.69, 9.17) is 9.47 Å². The van der Waals surface area contributed by atoms with Gasteiger partial charge in [-0.15, -0.1) is 47.0 Å². The Kier molecular flexibility index (Phi) is 20.1. The maximum Gasteiger partial charge on any atom is 0.133 e. The van der Waals surface area contributed by atoms with Gasteiger partial charge in [0, 0.05) is 19.6 Å². The lowest BCUT2D eigenvalue weighted by atomic mass is 9.94. The highest BCUT2D eigenvalue weighted by Crippen LogP contribution is 2.47. The third kappa shape index (κ3) is 12.6. The van der Waals surface area contributed by atoms with Crippen LogP contribution in [0.3, 0.4) is 0 Å². The van der Waals surface area contributed by atoms with Gasteiger partial charge >= 0.3 is 0 Å². The van der Waals surface area contributed by atoms with Crippen LogP contribution in [0.5, 0.6) is 11.5 Å². The standard InChI is InChI=1S/C45H66O2S4/c1-7-10-13-16-19-22-25-49-42-30-36-34-28-40(46-4)43(50-26-23-20-17-14-11-8-2)31-37(34)38-32-44(48-6)45(51-27-24-21-18-15-12-9-3)33-39(38)35(36)29-41(42)47-5/h28-33H,7-27H2,1-6H3. The summed E-state index contributed by atoms with van der Waals surface area (Å²) in [5, 5.41) is 7.87. The van der Waals surface area contributed by atoms with E-state index < -0.39 is 0 Å². The third-order valence-electron chi connectivity index (χ3n) is 10.0. The van der Waals surface area contributed by atoms with Gasteiger partial charge in [-0.2, -0.15) is 0 Å². The van der Waals surface area contributed by atoms with Crippen LogP contribution in [-0.4, -0.2) is 37.7 Å². The molecule has 0 N–H and O–H groups in total. The van der Waals surface area contributed by atoms with Crippen molar-refractivity contribution >= 4 is 79.4 Å². The van der Waals surface area contributed by atoms with Crippen molar-refractivity contribution < 1.29 is 9.47 Å². The van der Waals surface area contributed by atoms with E-state index in [0.29, 0.717) is 0 Å². The van der Waals surface area contributed by atoms with Crippen LogP contribution in [0.4, 0.5) is 0 Å². The van der Waals surface area contributed by atoms with Crippen LogP contribution in [-0.2, 0) is 0 Å². The van der Waals surface area contributed by atoms with Gasteiger partial charge in [-0.25, -0.2) is 0 Å². The summed E-state index contributed by atoms with van der Waals surface area (Å²) in [7, 11) is 3.67. The van der Waals surface area contributed by atoms with Gasteiger partial charge < -0.3 is 9.47 Å². The van der Waals surface area contributed by atoms with Gasteiger partial charge in [0.2, 0.25) is 0 Å². The van der Waals surface area contributed by atoms with E-state index >= 15 is 0 Å². The number of benzene rings is 4. The summed E-state index contributed by atoms with van der Waals surface area (Å²) in [6.07, 6.45) is 26.1. The topological polar surface area (TPSA) is 18.5 Å². The molecule has 0 aromatic heterocycles. The molecular weight excluding hydrogens is 701 g/mol. The Hall–Kier alpha value is -1.34. The molecule has 0 radical (unpaired) electrons. The van der Waals surface area contributed by atoms with E-state index in [-0.39, 0.29) is 0 Å². The smallest absolute Gasteiger partial charge is 0.133 e. The number of hydrogen-bond donors (Lipinski definition) is 0. The van der Waals surface area contributed by atoms with E-state index in [9.17, 15) is 0 Å². The maximum absolute atomic E-state index is 6.11. The number of unbranched alkanes of at least 4 members (excludes halogenated alkanes) is 15. The van der Waals surface area contributed by atoms with Crippen LogP contribution in [0.15, 0.2) is 56.0 Å². The highest BCUT2D eigenvalue weighted by atomic mass is 32.2. The number of ether oxygens (including phenoxy) is 2. The fraction of sp³-hybridized carbons (Fsp3) is 0.600. The van der Waals surface area contributed by atoms with E-state index in [1.807, 2.05) is 61.3 Å². The van der Waals surface area contributed by atoms with Gasteiger partial charge in [-0.1, -0.05) is 117 Å². The molecule has 282 valence electrons. The van der Waals surface area contributed by atoms with Crippen molar-refractivity contribution in [3.8, 4) is 11.5 Å². The summed E-state index contributed by atoms with van der Waals surface area (Å²) >= 11 is 7.86. The second kappa shape index (κ2) is 24.1. The number of rotatable bonds is 27. The second-order valence-corrected chi connectivity index (χ2v) is 18.3. The fourth-order valence-electron chi connectivity index (χ4n) is 7.03. The van der Waals surface area contributed by atoms with Gasteiger partial charge in [-0.05, 0) is 111 Å². The molecule has 0 atom stereocenters. The van der Waals surface area contributed by atoms with Crippen molar-refractivity contribution in [3.63, 3.8) is 0 Å². The van der Waals surface area contributed by atoms with E-state index in [0.717, 1.165) is 23.0 Å². The van der Waals surface area contributed by atoms with Crippen molar-refractivity contribution in [1.29, 1.82) is 0 Å². The first-order valence-electron chi connectivity index (χ1n) is 20.2. The summed E-state index contributed by atoms with van der Waals surface area (Å²) in [5.74, 6) is 5.42. The molecule has 0 aliphatic heterocycles. The minimum atomic E-state index is 0.993. The van der Waals surface area contributed by atoms with Gasteiger partial charge in [-0.3, -0.25) is 0 Å². The Bertz CT molecular complexity index is 1400. The quantitative estimate of drug-likeness (QED) is 0.0339. The van der Waals surface area contributed by atoms with Gasteiger partial charge in [0.1, 0.15) is 11.5 Å². The molecule has 6 heteroatoms. The molecule has 0 fully saturated rings. The minimum absolute atomic E-state index is 0.993. The zero-order valence-corrected chi connectivity index (χ0v) is 36.0. The molecule has 2 nitrogen and oxygen atoms in total. The summed E-state index contributed by atoms with van der Waals surface area (Å²) in [6, 6.07) is 14.5. The normalized spacial score (nSPS) is 11.7. The van der Waals surface area contributed by atoms with Crippen LogP contribution >= 0.6 is 47.0 Å². The minimum Gasteiger partial charge on any atom is -0.496 e. The summed E-state index contributed by atoms with van der Waals surface area (Å²) in [6.45, 7) is 6.88. The zero-order valence-electron chi connectivity index (χ0n) is 32.8. The predicted molar refractivity (Wildman–Crippen MR) is 236 cm³/mol. The first-order valence-corrected chi connectivity index (χ1v) is 24.3. The first-order chi connectivity index (χ1) is 25.1. The molecule has 0 aliphatic rings. The Morgan fingerprint density at radius 2 is 0.667 bits per heavy atom. The van der Waals surface area contributed by atoms with Gasteiger partial charge in [0.05, 0.1) is 14.2 Å². The summed E-state index contributed by atoms with van der Waals surface area (Å²) in [4.78, 5) is 5.31. The molecule has 0 heterocycles. The van der Waals surface area contributed by atoms with Crippen LogP contribution in [0.1, 0.15) is 136 Å². The molecule has 0 bridgehead atoms. The monoisotopic (exact) mass is 766 g/mol. The number of hydrogen-bond acceptors (Lipinski definition) is 6. The molecule has 4 aromatic carbocycles. The Morgan fingerprint density at radius 1 is 0.373 bits per heavy atom. The summed E-state index contributed by atoms with van der Waals surface area (Å²) < 4.78 is 12.2. The second-order valence-electron chi connectivity index (χ2n) is 14.0. The van der Waals surface area contributed by atoms with Gasteiger partial charge in [0.15, 0.2) is 0 Å². The fourth-order valence-corrected chi connectivity index (χ4v) is 11.0. The molecule has 0 spiro atoms. The van der Waals surface area contributed by atoms with Gasteiger partial charge in [0.25, 0.3) is 0 Å². The lowest BCUT2D eigenvalue weighted by Crippen LogP contribution is -1.94. The molecule has 0 aliphatic carbocycles. The lowest BCUT2D eigenvalue weighted by molar-refractivity contribution is 0.405. The molecular formula is C45H66O2S4. The highest BCUT2D eigenvalue weighted by Gasteiger charge is 2.18. The van der Waals surface area contributed by atoms with Crippen molar-refractivity contribution in [1.82, 2.24) is 0 Å². The highest BCUT2D eigenvalue weighted by molar-refractivity contribution is 8.02. The van der Waals surface area contributed by atoms with E-state index in [2.05, 4.69) is 63.4 Å². The number of thioether (sulfide) groups is 4. The van der Waals surface area contributed by atoms with Crippen LogP contribution < -0.4 is 9.47 Å². The van der Waals surface area contributed by atoms with Crippen LogP contribution in [0.2, 0.25) is 0 Å². The van der Waals surface area contributed by atoms with Crippen LogP contribution in [0.25, 0.3) is 32.3 Å². The first kappa shape index (κ1) is 42.4. The SMILES string of the molecule is CCCCCCCCSc1cc2c(cc1OC)c1cc(SCCCCCCCC)c(OC)cc1c1cc(SCCCCCCCC)c(SC)cc21. The third-order valence-corrected chi connectivity index (χ3v) is 14.3. The average molecular weight is 767 g/mol. The summed E-state index contributed by atoms with van der Waals surface area (Å²) in [5.41, 5.74) is 0.